The second-order valence-electron chi connectivity index (χ2n) is 35.1. The zero-order chi connectivity index (χ0) is 103. The highest BCUT2D eigenvalue weighted by molar-refractivity contribution is 5.83. The summed E-state index contributed by atoms with van der Waals surface area (Å²) in [4.78, 5) is 33.3. The molecular formula is C97H90F14N14O19. The highest BCUT2D eigenvalue weighted by Gasteiger charge is 2.58. The average molecular weight is 2020 g/mol. The minimum Gasteiger partial charge on any atom is -0.387 e. The van der Waals surface area contributed by atoms with Gasteiger partial charge in [-0.15, -0.1) is 0 Å². The molecule has 0 saturated carbocycles. The normalized spacial score (nSPS) is 25.9. The number of hydrogen-bond donors (Lipinski definition) is 14. The van der Waals surface area contributed by atoms with Gasteiger partial charge in [-0.2, -0.15) is 43.9 Å². The quantitative estimate of drug-likeness (QED) is 0.0400. The number of aliphatic hydroxyl groups is 14. The Hall–Kier alpha value is -12.9. The summed E-state index contributed by atoms with van der Waals surface area (Å²) in [5, 5.41) is 151. The number of hydrogen-bond acceptors (Lipinski definition) is 27. The third-order valence-corrected chi connectivity index (χ3v) is 26.0. The molecule has 0 radical (unpaired) electrons. The van der Waals surface area contributed by atoms with Gasteiger partial charge in [0.2, 0.25) is 0 Å². The van der Waals surface area contributed by atoms with Gasteiger partial charge in [0.25, 0.3) is 0 Å². The van der Waals surface area contributed by atoms with Crippen LogP contribution in [0.25, 0.3) is 66.2 Å². The molecule has 760 valence electrons. The van der Waals surface area contributed by atoms with E-state index in [0.717, 1.165) is 105 Å². The molecule has 16 aromatic rings. The Morgan fingerprint density at radius 1 is 0.319 bits per heavy atom. The molecule has 16 heterocycles. The molecule has 0 spiro atoms. The van der Waals surface area contributed by atoms with Crippen molar-refractivity contribution < 1.29 is 157 Å². The van der Waals surface area contributed by atoms with Crippen molar-refractivity contribution in [1.82, 2.24) is 67.3 Å². The Labute approximate surface area is 803 Å². The summed E-state index contributed by atoms with van der Waals surface area (Å²) in [6, 6.07) is 31.0. The van der Waals surface area contributed by atoms with E-state index < -0.39 is 217 Å². The number of fused-ring (bicyclic) bond motifs is 6. The zero-order valence-electron chi connectivity index (χ0n) is 75.6. The Morgan fingerprint density at radius 2 is 0.688 bits per heavy atom. The van der Waals surface area contributed by atoms with Crippen molar-refractivity contribution in [3.8, 4) is 0 Å². The van der Waals surface area contributed by atoms with Crippen LogP contribution in [0, 0.1) is 57.9 Å². The van der Waals surface area contributed by atoms with E-state index in [2.05, 4.69) is 39.9 Å². The Kier molecular flexibility index (Phi) is 28.9. The lowest BCUT2D eigenvalue weighted by Crippen LogP contribution is -2.41. The van der Waals surface area contributed by atoms with Crippen LogP contribution in [-0.2, 0) is 42.0 Å². The van der Waals surface area contributed by atoms with E-state index in [0.29, 0.717) is 61.6 Å². The first kappa shape index (κ1) is 103. The number of aliphatic hydroxyl groups excluding tert-OH is 14. The molecule has 0 bridgehead atoms. The lowest BCUT2D eigenvalue weighted by atomic mass is 9.97. The van der Waals surface area contributed by atoms with Gasteiger partial charge >= 0.3 is 24.8 Å². The fourth-order valence-corrected chi connectivity index (χ4v) is 18.2. The van der Waals surface area contributed by atoms with Crippen LogP contribution < -0.4 is 0 Å². The van der Waals surface area contributed by atoms with Crippen LogP contribution >= 0.6 is 0 Å². The molecule has 144 heavy (non-hydrogen) atoms. The predicted molar refractivity (Wildman–Crippen MR) is 478 cm³/mol. The minimum atomic E-state index is -4.82. The fourth-order valence-electron chi connectivity index (χ4n) is 18.2. The Bertz CT molecular complexity index is 7320. The van der Waals surface area contributed by atoms with Crippen molar-refractivity contribution in [3.63, 3.8) is 0 Å². The molecule has 0 amide bonds. The molecule has 0 aliphatic carbocycles. The second-order valence-corrected chi connectivity index (χ2v) is 35.1. The van der Waals surface area contributed by atoms with Crippen molar-refractivity contribution in [2.24, 2.45) is 0 Å². The van der Waals surface area contributed by atoms with Crippen LogP contribution in [0.4, 0.5) is 61.5 Å². The number of rotatable bonds is 16. The van der Waals surface area contributed by atoms with Crippen LogP contribution in [0.2, 0.25) is 0 Å². The maximum absolute atomic E-state index is 14.9. The lowest BCUT2D eigenvalue weighted by Gasteiger charge is -2.25. The van der Waals surface area contributed by atoms with Crippen LogP contribution in [0.1, 0.15) is 129 Å². The van der Waals surface area contributed by atoms with Crippen molar-refractivity contribution in [1.29, 1.82) is 0 Å². The van der Waals surface area contributed by atoms with E-state index in [-0.39, 0.29) is 22.2 Å². The number of imidazole rings is 1. The number of pyridine rings is 3. The van der Waals surface area contributed by atoms with Crippen LogP contribution in [0.5, 0.6) is 0 Å². The predicted octanol–water partition coefficient (Wildman–Crippen LogP) is 11.7. The van der Waals surface area contributed by atoms with Crippen molar-refractivity contribution in [3.05, 3.63) is 311 Å². The van der Waals surface area contributed by atoms with E-state index in [4.69, 9.17) is 23.7 Å². The highest BCUT2D eigenvalue weighted by atomic mass is 19.4. The first-order valence-electron chi connectivity index (χ1n) is 44.3. The topological polar surface area (TPSA) is 462 Å². The molecule has 21 rings (SSSR count). The van der Waals surface area contributed by atoms with Gasteiger partial charge in [-0.1, -0.05) is 36.4 Å². The SMILES string of the molecule is Cc1ccnc2c1ccn2C1OC(C(O)c2cc(F)cc(C(F)(F)F)c2)C(O)C1O.Cc1ccnc2c1ccn2C1OC(C(O)c2ccc(F)c(F)c2)C(O)C1O.Cc1ccnc2c1ccn2C1OC(C(O)c2cccc(C(F)(F)F)c2)C(O)C1O.Cc1ncnc2c1ccn2C1OC(C(F)(F)c2ccc(F)cc2)C(O)C1O.Cc1ncnc2c1ccn2C1OC(C(O)c2ccc3c(c2)ncn3C(F)F)C(O)C1O. The molecular weight excluding hydrogens is 1930 g/mol. The van der Waals surface area contributed by atoms with Gasteiger partial charge in [0.1, 0.15) is 169 Å². The van der Waals surface area contributed by atoms with Crippen LogP contribution in [0.3, 0.4) is 0 Å². The van der Waals surface area contributed by atoms with Gasteiger partial charge in [-0.25, -0.2) is 57.4 Å². The fraction of sp³-hybridized carbons (Fsp3) is 0.340. The van der Waals surface area contributed by atoms with E-state index in [1.807, 2.05) is 45.9 Å². The highest BCUT2D eigenvalue weighted by Crippen LogP contribution is 2.48. The average Bonchev–Trinajstić information content (AvgIpc) is 1.61. The number of aromatic nitrogens is 14. The Balaban J connectivity index is 0.000000124. The maximum atomic E-state index is 14.9. The number of benzene rings is 5. The standard InChI is InChI=1S/C20H18F4N2O4.C20H19F3N2O4.C20H19F2N5O4.C19H18F2N2O4.C18H16F3N3O3/c1-9-2-4-25-18-13(9)3-5-26(18)19-16(29)15(28)17(30-19)14(27)10-6-11(20(22,23)24)8-12(21)7-10;1-10-5-7-24-18-13(10)6-8-25(18)19-16(28)15(27)17(29-19)14(26)11-3-2-4-12(9-11)20(21,22)23;1-9-11-4-5-26(18(11)24-7-23-9)19-16(30)15(29)17(31-19)14(28)10-2-3-13-12(6-10)25-8-27(13)20(21)22;1-9-4-6-22-18-11(9)5-7-23(18)19-16(26)15(25)17(27-19)14(24)10-2-3-12(20)13(21)8-10;1-9-12-6-7-24(16(12)23-8-22-9)17-14(26)13(25)15(27-17)18(20,21)10-2-4-11(19)5-3-10/h2-8,14-17,19,27-29H,1H3;2-9,14-17,19,26-28H,1H3;2-8,14-17,19-20,28-30H,1H3;2-8,14-17,19,24-26H,1H3;2-8,13-15,17,25-26H,1H3. The van der Waals surface area contributed by atoms with Gasteiger partial charge in [-0.05, 0) is 189 Å². The summed E-state index contributed by atoms with van der Waals surface area (Å²) in [6.07, 6.45) is -26.6. The number of halogens is 14. The van der Waals surface area contributed by atoms with Gasteiger partial charge < -0.3 is 118 Å². The monoisotopic (exact) mass is 2020 g/mol. The summed E-state index contributed by atoms with van der Waals surface area (Å²) in [6.45, 7) is 6.54. The van der Waals surface area contributed by atoms with Gasteiger partial charge in [-0.3, -0.25) is 4.57 Å². The van der Waals surface area contributed by atoms with E-state index in [9.17, 15) is 133 Å². The summed E-state index contributed by atoms with van der Waals surface area (Å²) < 4.78 is 223. The molecule has 5 aromatic carbocycles. The smallest absolute Gasteiger partial charge is 0.387 e. The molecule has 5 saturated heterocycles. The van der Waals surface area contributed by atoms with Gasteiger partial charge in [0.05, 0.1) is 33.5 Å². The number of alkyl halides is 10. The first-order valence-corrected chi connectivity index (χ1v) is 44.3. The van der Waals surface area contributed by atoms with E-state index >= 15 is 0 Å². The third kappa shape index (κ3) is 19.6. The summed E-state index contributed by atoms with van der Waals surface area (Å²) >= 11 is 0. The van der Waals surface area contributed by atoms with Gasteiger partial charge in [0, 0.05) is 82.1 Å². The number of aryl methyl sites for hydroxylation is 5. The number of ether oxygens (including phenoxy) is 5. The van der Waals surface area contributed by atoms with E-state index in [1.54, 1.807) is 89.8 Å². The summed E-state index contributed by atoms with van der Waals surface area (Å²) in [5.41, 5.74) is 4.41. The molecule has 24 unspecified atom stereocenters. The largest absolute Gasteiger partial charge is 0.416 e. The van der Waals surface area contributed by atoms with Crippen molar-refractivity contribution in [2.75, 3.05) is 0 Å². The van der Waals surface area contributed by atoms with Crippen LogP contribution in [-0.4, -0.2) is 230 Å². The molecule has 5 aliphatic rings. The van der Waals surface area contributed by atoms with Gasteiger partial charge in [0.15, 0.2) is 48.9 Å². The zero-order valence-corrected chi connectivity index (χ0v) is 75.6. The lowest BCUT2D eigenvalue weighted by molar-refractivity contribution is -0.169. The summed E-state index contributed by atoms with van der Waals surface area (Å²) in [7, 11) is 0. The Morgan fingerprint density at radius 3 is 1.10 bits per heavy atom. The molecule has 11 aromatic heterocycles. The molecule has 24 atom stereocenters. The maximum Gasteiger partial charge on any atom is 0.416 e. The third-order valence-electron chi connectivity index (χ3n) is 26.0. The van der Waals surface area contributed by atoms with Crippen molar-refractivity contribution >= 4 is 66.2 Å². The first-order chi connectivity index (χ1) is 68.3. The molecule has 5 fully saturated rings. The second kappa shape index (κ2) is 40.6. The molecule has 14 N–H and O–H groups in total. The molecule has 5 aliphatic heterocycles. The van der Waals surface area contributed by atoms with Crippen LogP contribution in [0.15, 0.2) is 220 Å². The molecule has 47 heteroatoms. The van der Waals surface area contributed by atoms with E-state index in [1.165, 1.54) is 69.0 Å². The molecule has 33 nitrogen and oxygen atoms in total. The number of nitrogens with zero attached hydrogens (tertiary/aromatic N) is 14. The minimum absolute atomic E-state index is 0.0390. The summed E-state index contributed by atoms with van der Waals surface area (Å²) in [5.74, 6) is -7.66. The van der Waals surface area contributed by atoms with Crippen molar-refractivity contribution in [2.45, 2.75) is 207 Å².